The number of anilines is 1. The first-order chi connectivity index (χ1) is 15.4. The zero-order valence-electron chi connectivity index (χ0n) is 18.8. The van der Waals surface area contributed by atoms with Gasteiger partial charge in [0.05, 0.1) is 25.7 Å². The lowest BCUT2D eigenvalue weighted by molar-refractivity contribution is -0.862. The van der Waals surface area contributed by atoms with Crippen LogP contribution in [0.1, 0.15) is 49.7 Å². The van der Waals surface area contributed by atoms with Gasteiger partial charge in [0.15, 0.2) is 0 Å². The van der Waals surface area contributed by atoms with E-state index >= 15 is 0 Å². The molecule has 3 aliphatic rings. The number of quaternary nitrogens is 1. The second-order valence-electron chi connectivity index (χ2n) is 9.39. The van der Waals surface area contributed by atoms with Crippen LogP contribution in [-0.2, 0) is 27.3 Å². The number of carboxylic acid groups (broad SMARTS) is 1. The number of rotatable bonds is 7. The van der Waals surface area contributed by atoms with Crippen molar-refractivity contribution < 1.29 is 28.7 Å². The van der Waals surface area contributed by atoms with Crippen molar-refractivity contribution in [2.24, 2.45) is 5.92 Å². The molecule has 1 atom stereocenters. The Balaban J connectivity index is 1.48. The Morgan fingerprint density at radius 3 is 2.72 bits per heavy atom. The van der Waals surface area contributed by atoms with Gasteiger partial charge in [0.25, 0.3) is 0 Å². The zero-order chi connectivity index (χ0) is 22.7. The largest absolute Gasteiger partial charge is 0.544 e. The molecule has 1 aromatic rings. The fraction of sp³-hybridized carbons (Fsp3) is 0.625. The Bertz CT molecular complexity index is 880. The molecule has 1 aliphatic carbocycles. The summed E-state index contributed by atoms with van der Waals surface area (Å²) in [6.07, 6.45) is 5.49. The van der Waals surface area contributed by atoms with Gasteiger partial charge in [0, 0.05) is 31.5 Å². The fourth-order valence-electron chi connectivity index (χ4n) is 5.78. The number of ether oxygens (including phenoxy) is 1. The van der Waals surface area contributed by atoms with Crippen LogP contribution >= 0.6 is 0 Å². The Morgan fingerprint density at radius 2 is 2.00 bits per heavy atom. The monoisotopic (exact) mass is 443 g/mol. The van der Waals surface area contributed by atoms with Crippen molar-refractivity contribution in [2.45, 2.75) is 57.5 Å². The van der Waals surface area contributed by atoms with Crippen molar-refractivity contribution in [2.75, 3.05) is 38.2 Å². The minimum absolute atomic E-state index is 0.0263. The summed E-state index contributed by atoms with van der Waals surface area (Å²) >= 11 is 0. The molecule has 1 saturated heterocycles. The second kappa shape index (κ2) is 9.58. The lowest BCUT2D eigenvalue weighted by Gasteiger charge is -2.42. The van der Waals surface area contributed by atoms with Crippen molar-refractivity contribution in [1.82, 2.24) is 5.32 Å². The molecule has 2 aliphatic heterocycles. The lowest BCUT2D eigenvalue weighted by atomic mass is 9.82. The first-order valence-corrected chi connectivity index (χ1v) is 11.7. The van der Waals surface area contributed by atoms with E-state index in [-0.39, 0.29) is 29.1 Å². The van der Waals surface area contributed by atoms with Crippen LogP contribution in [0.3, 0.4) is 0 Å². The number of carbonyl (C=O) groups excluding carboxylic acids is 3. The summed E-state index contributed by atoms with van der Waals surface area (Å²) in [5.41, 5.74) is 3.37. The van der Waals surface area contributed by atoms with E-state index in [4.69, 9.17) is 4.74 Å². The van der Waals surface area contributed by atoms with Gasteiger partial charge in [-0.2, -0.15) is 0 Å². The van der Waals surface area contributed by atoms with Crippen LogP contribution in [-0.4, -0.2) is 61.8 Å². The smallest absolute Gasteiger partial charge is 0.424 e. The van der Waals surface area contributed by atoms with Crippen LogP contribution in [0.25, 0.3) is 0 Å². The van der Waals surface area contributed by atoms with E-state index in [0.29, 0.717) is 25.4 Å². The normalized spacial score (nSPS) is 27.8. The molecule has 8 heteroatoms. The molecule has 1 unspecified atom stereocenters. The molecular formula is C24H33N3O5. The van der Waals surface area contributed by atoms with Gasteiger partial charge in [-0.05, 0) is 61.4 Å². The van der Waals surface area contributed by atoms with Crippen LogP contribution in [0.4, 0.5) is 10.5 Å². The summed E-state index contributed by atoms with van der Waals surface area (Å²) in [6.45, 7) is 2.50. The third kappa shape index (κ3) is 4.52. The van der Waals surface area contributed by atoms with Crippen molar-refractivity contribution in [3.05, 3.63) is 29.3 Å². The van der Waals surface area contributed by atoms with Gasteiger partial charge in [0.2, 0.25) is 0 Å². The predicted octanol–water partition coefficient (Wildman–Crippen LogP) is 1.35. The lowest BCUT2D eigenvalue weighted by Crippen LogP contribution is -2.62. The minimum atomic E-state index is -1.18. The number of carbonyl (C=O) groups is 3. The maximum atomic E-state index is 13.7. The highest BCUT2D eigenvalue weighted by Gasteiger charge is 2.53. The Hall–Kier alpha value is -2.45. The van der Waals surface area contributed by atoms with Gasteiger partial charge in [-0.15, -0.1) is 0 Å². The van der Waals surface area contributed by atoms with Crippen LogP contribution in [0, 0.1) is 5.92 Å². The van der Waals surface area contributed by atoms with Crippen LogP contribution in [0.2, 0.25) is 0 Å². The SMILES string of the molecule is COC(=O)CCC1CCC([N+]2(CC(=O)[O-])CCN(c3ccc4c(c3)CCNC4)C2=O)CC1. The van der Waals surface area contributed by atoms with E-state index in [2.05, 4.69) is 17.4 Å². The van der Waals surface area contributed by atoms with E-state index in [0.717, 1.165) is 57.3 Å². The number of fused-ring (bicyclic) bond motifs is 1. The molecule has 8 nitrogen and oxygen atoms in total. The molecule has 0 bridgehead atoms. The Kier molecular flexibility index (Phi) is 6.81. The molecular weight excluding hydrogens is 410 g/mol. The van der Waals surface area contributed by atoms with Crippen molar-refractivity contribution >= 4 is 23.7 Å². The number of amides is 2. The molecule has 1 saturated carbocycles. The van der Waals surface area contributed by atoms with Crippen LogP contribution in [0.15, 0.2) is 18.2 Å². The number of esters is 1. The minimum Gasteiger partial charge on any atom is -0.544 e. The molecule has 0 radical (unpaired) electrons. The number of nitrogens with zero attached hydrogens (tertiary/aromatic N) is 2. The van der Waals surface area contributed by atoms with E-state index in [1.807, 2.05) is 6.07 Å². The summed E-state index contributed by atoms with van der Waals surface area (Å²) in [4.78, 5) is 38.6. The zero-order valence-corrected chi connectivity index (χ0v) is 18.8. The number of benzene rings is 1. The number of nitrogens with one attached hydrogen (secondary N) is 1. The molecule has 0 spiro atoms. The van der Waals surface area contributed by atoms with Crippen molar-refractivity contribution in [1.29, 1.82) is 0 Å². The number of methoxy groups -OCH3 is 1. The van der Waals surface area contributed by atoms with Crippen molar-refractivity contribution in [3.63, 3.8) is 0 Å². The molecule has 174 valence electrons. The van der Waals surface area contributed by atoms with E-state index in [9.17, 15) is 19.5 Å². The number of hydrogen-bond donors (Lipinski definition) is 1. The number of urea groups is 1. The molecule has 1 aromatic carbocycles. The average molecular weight is 444 g/mol. The van der Waals surface area contributed by atoms with E-state index in [1.165, 1.54) is 18.2 Å². The predicted molar refractivity (Wildman–Crippen MR) is 117 cm³/mol. The van der Waals surface area contributed by atoms with E-state index in [1.54, 1.807) is 4.90 Å². The molecule has 2 fully saturated rings. The molecule has 32 heavy (non-hydrogen) atoms. The first kappa shape index (κ1) is 22.7. The van der Waals surface area contributed by atoms with Crippen LogP contribution < -0.4 is 15.3 Å². The van der Waals surface area contributed by atoms with E-state index < -0.39 is 5.97 Å². The highest BCUT2D eigenvalue weighted by Crippen LogP contribution is 2.38. The molecule has 2 heterocycles. The summed E-state index contributed by atoms with van der Waals surface area (Å²) in [5.74, 6) is -0.959. The first-order valence-electron chi connectivity index (χ1n) is 11.7. The van der Waals surface area contributed by atoms with Gasteiger partial charge in [0.1, 0.15) is 13.1 Å². The van der Waals surface area contributed by atoms with Gasteiger partial charge in [-0.25, -0.2) is 9.28 Å². The second-order valence-corrected chi connectivity index (χ2v) is 9.39. The quantitative estimate of drug-likeness (QED) is 0.505. The van der Waals surface area contributed by atoms with Gasteiger partial charge < -0.3 is 20.0 Å². The van der Waals surface area contributed by atoms with Gasteiger partial charge >= 0.3 is 12.0 Å². The number of carboxylic acids is 1. The number of aliphatic carboxylic acids is 1. The number of hydrogen-bond acceptors (Lipinski definition) is 6. The fourth-order valence-corrected chi connectivity index (χ4v) is 5.78. The third-order valence-electron chi connectivity index (χ3n) is 7.63. The maximum Gasteiger partial charge on any atom is 0.424 e. The molecule has 2 amide bonds. The highest BCUT2D eigenvalue weighted by atomic mass is 16.5. The molecule has 1 N–H and O–H groups in total. The van der Waals surface area contributed by atoms with Gasteiger partial charge in [-0.1, -0.05) is 6.07 Å². The molecule has 4 rings (SSSR count). The standard InChI is InChI=1S/C24H33N3O5/c1-32-23(30)9-4-17-2-7-21(8-3-17)27(16-22(28)29)13-12-26(24(27)31)20-6-5-19-15-25-11-10-18(19)14-20/h5-6,14,17,21,25H,2-4,7-13,15-16H2,1H3. The van der Waals surface area contributed by atoms with Crippen LogP contribution in [0.5, 0.6) is 0 Å². The summed E-state index contributed by atoms with van der Waals surface area (Å²) in [7, 11) is 1.40. The Morgan fingerprint density at radius 1 is 1.22 bits per heavy atom. The summed E-state index contributed by atoms with van der Waals surface area (Å²) in [5, 5.41) is 15.1. The Labute approximate surface area is 189 Å². The van der Waals surface area contributed by atoms with Crippen molar-refractivity contribution in [3.8, 4) is 0 Å². The third-order valence-corrected chi connectivity index (χ3v) is 7.63. The van der Waals surface area contributed by atoms with Gasteiger partial charge in [-0.3, -0.25) is 9.69 Å². The maximum absolute atomic E-state index is 13.7. The highest BCUT2D eigenvalue weighted by molar-refractivity contribution is 5.90. The summed E-state index contributed by atoms with van der Waals surface area (Å²) in [6, 6.07) is 5.99. The topological polar surface area (TPSA) is 98.8 Å². The molecule has 0 aromatic heterocycles. The average Bonchev–Trinajstić information content (AvgIpc) is 3.13. The summed E-state index contributed by atoms with van der Waals surface area (Å²) < 4.78 is 4.69.